The van der Waals surface area contributed by atoms with Gasteiger partial charge in [0.15, 0.2) is 0 Å². The fraction of sp³-hybridized carbons (Fsp3) is 1.00. The second-order valence-corrected chi connectivity index (χ2v) is 5.16. The van der Waals surface area contributed by atoms with E-state index in [2.05, 4.69) is 19.6 Å². The maximum absolute atomic E-state index is 4.56. The van der Waals surface area contributed by atoms with E-state index in [4.69, 9.17) is 0 Å². The summed E-state index contributed by atoms with van der Waals surface area (Å²) in [6.45, 7) is 2.41. The van der Waals surface area contributed by atoms with E-state index in [0.29, 0.717) is 0 Å². The van der Waals surface area contributed by atoms with Gasteiger partial charge in [0, 0.05) is 5.25 Å². The van der Waals surface area contributed by atoms with E-state index in [0.717, 1.165) is 34.8 Å². The van der Waals surface area contributed by atoms with Gasteiger partial charge in [-0.3, -0.25) is 0 Å². The predicted octanol–water partition coefficient (Wildman–Crippen LogP) is 2.21. The van der Waals surface area contributed by atoms with E-state index in [9.17, 15) is 0 Å². The Morgan fingerprint density at radius 1 is 1.10 bits per heavy atom. The Labute approximate surface area is 67.8 Å². The molecule has 56 valence electrons. The molecule has 0 nitrogen and oxygen atoms in total. The Bertz CT molecular complexity index is 158. The zero-order valence-corrected chi connectivity index (χ0v) is 7.22. The van der Waals surface area contributed by atoms with E-state index < -0.39 is 0 Å². The molecule has 3 aliphatic carbocycles. The van der Waals surface area contributed by atoms with Gasteiger partial charge in [-0.1, -0.05) is 6.92 Å². The van der Waals surface area contributed by atoms with Crippen LogP contribution in [-0.4, -0.2) is 5.25 Å². The van der Waals surface area contributed by atoms with Crippen molar-refractivity contribution in [3.63, 3.8) is 0 Å². The fourth-order valence-electron chi connectivity index (χ4n) is 3.63. The van der Waals surface area contributed by atoms with Gasteiger partial charge >= 0.3 is 0 Å². The molecule has 6 atom stereocenters. The van der Waals surface area contributed by atoms with Crippen LogP contribution in [0.5, 0.6) is 0 Å². The minimum Gasteiger partial charge on any atom is -0.176 e. The molecule has 3 saturated carbocycles. The van der Waals surface area contributed by atoms with E-state index in [1.54, 1.807) is 0 Å². The molecular weight excluding hydrogens is 140 g/mol. The van der Waals surface area contributed by atoms with Crippen molar-refractivity contribution in [1.82, 2.24) is 0 Å². The van der Waals surface area contributed by atoms with Crippen LogP contribution in [0.15, 0.2) is 0 Å². The lowest BCUT2D eigenvalue weighted by molar-refractivity contribution is -0.194. The SMILES string of the molecule is CC1CC2C3CC(S)C3C12. The zero-order valence-electron chi connectivity index (χ0n) is 6.33. The molecule has 0 bridgehead atoms. The summed E-state index contributed by atoms with van der Waals surface area (Å²) in [5.74, 6) is 5.49. The average Bonchev–Trinajstić information content (AvgIpc) is 1.90. The van der Waals surface area contributed by atoms with E-state index in [-0.39, 0.29) is 0 Å². The summed E-state index contributed by atoms with van der Waals surface area (Å²) in [4.78, 5) is 0. The molecule has 3 aliphatic rings. The van der Waals surface area contributed by atoms with Crippen molar-refractivity contribution in [1.29, 1.82) is 0 Å². The van der Waals surface area contributed by atoms with Gasteiger partial charge in [-0.25, -0.2) is 0 Å². The maximum atomic E-state index is 4.56. The van der Waals surface area contributed by atoms with Crippen molar-refractivity contribution < 1.29 is 0 Å². The number of fused-ring (bicyclic) bond motifs is 4. The Kier molecular flexibility index (Phi) is 0.934. The molecule has 0 radical (unpaired) electrons. The first-order chi connectivity index (χ1) is 4.79. The molecule has 0 aromatic heterocycles. The molecule has 0 spiro atoms. The summed E-state index contributed by atoms with van der Waals surface area (Å²) in [6.07, 6.45) is 2.97. The summed E-state index contributed by atoms with van der Waals surface area (Å²) in [7, 11) is 0. The van der Waals surface area contributed by atoms with Crippen LogP contribution in [0.3, 0.4) is 0 Å². The summed E-state index contributed by atoms with van der Waals surface area (Å²) in [5.41, 5.74) is 0. The van der Waals surface area contributed by atoms with Gasteiger partial charge in [-0.15, -0.1) is 0 Å². The third-order valence-electron chi connectivity index (χ3n) is 4.24. The van der Waals surface area contributed by atoms with Crippen molar-refractivity contribution in [3.8, 4) is 0 Å². The lowest BCUT2D eigenvalue weighted by Gasteiger charge is -2.71. The van der Waals surface area contributed by atoms with Crippen LogP contribution in [-0.2, 0) is 0 Å². The maximum Gasteiger partial charge on any atom is 0.00535 e. The molecule has 10 heavy (non-hydrogen) atoms. The first-order valence-corrected chi connectivity index (χ1v) is 4.98. The number of hydrogen-bond acceptors (Lipinski definition) is 1. The average molecular weight is 154 g/mol. The molecule has 3 fully saturated rings. The molecule has 1 heteroatoms. The van der Waals surface area contributed by atoms with Crippen LogP contribution < -0.4 is 0 Å². The standard InChI is InChI=1S/C9H14S/c1-4-2-5-6-3-7(10)9(6)8(4)5/h4-10H,2-3H2,1H3. The summed E-state index contributed by atoms with van der Waals surface area (Å²) in [6, 6.07) is 0. The molecule has 0 aromatic rings. The van der Waals surface area contributed by atoms with Crippen LogP contribution in [0, 0.1) is 29.6 Å². The van der Waals surface area contributed by atoms with Crippen LogP contribution in [0.4, 0.5) is 0 Å². The van der Waals surface area contributed by atoms with Gasteiger partial charge in [0.2, 0.25) is 0 Å². The minimum atomic E-state index is 0.786. The van der Waals surface area contributed by atoms with E-state index in [1.165, 1.54) is 12.8 Å². The highest BCUT2D eigenvalue weighted by atomic mass is 32.1. The second-order valence-electron chi connectivity index (χ2n) is 4.50. The molecule has 6 unspecified atom stereocenters. The number of rotatable bonds is 0. The summed E-state index contributed by atoms with van der Waals surface area (Å²) >= 11 is 4.56. The van der Waals surface area contributed by atoms with Gasteiger partial charge < -0.3 is 0 Å². The lowest BCUT2D eigenvalue weighted by Crippen LogP contribution is -2.67. The minimum absolute atomic E-state index is 0.786. The van der Waals surface area contributed by atoms with Crippen LogP contribution in [0.25, 0.3) is 0 Å². The first kappa shape index (κ1) is 5.93. The molecule has 3 rings (SSSR count). The molecule has 0 saturated heterocycles. The number of hydrogen-bond donors (Lipinski definition) is 1. The van der Waals surface area contributed by atoms with Crippen molar-refractivity contribution in [2.75, 3.05) is 0 Å². The van der Waals surface area contributed by atoms with Gasteiger partial charge in [-0.2, -0.15) is 12.6 Å². The Balaban J connectivity index is 1.79. The molecular formula is C9H14S. The van der Waals surface area contributed by atoms with Crippen molar-refractivity contribution >= 4 is 12.6 Å². The van der Waals surface area contributed by atoms with Gasteiger partial charge in [-0.05, 0) is 42.4 Å². The smallest absolute Gasteiger partial charge is 0.00535 e. The quantitative estimate of drug-likeness (QED) is 0.508. The van der Waals surface area contributed by atoms with Crippen molar-refractivity contribution in [2.24, 2.45) is 29.6 Å². The highest BCUT2D eigenvalue weighted by molar-refractivity contribution is 7.81. The third kappa shape index (κ3) is 0.431. The molecule has 0 heterocycles. The largest absolute Gasteiger partial charge is 0.176 e. The zero-order chi connectivity index (χ0) is 6.88. The molecule has 0 aromatic carbocycles. The topological polar surface area (TPSA) is 0 Å². The van der Waals surface area contributed by atoms with Gasteiger partial charge in [0.05, 0.1) is 0 Å². The Morgan fingerprint density at radius 2 is 1.80 bits per heavy atom. The second kappa shape index (κ2) is 1.57. The van der Waals surface area contributed by atoms with Crippen molar-refractivity contribution in [2.45, 2.75) is 25.0 Å². The Morgan fingerprint density at radius 3 is 2.30 bits per heavy atom. The number of thiol groups is 1. The predicted molar refractivity (Wildman–Crippen MR) is 45.1 cm³/mol. The van der Waals surface area contributed by atoms with Crippen molar-refractivity contribution in [3.05, 3.63) is 0 Å². The Hall–Kier alpha value is 0.350. The monoisotopic (exact) mass is 154 g/mol. The summed E-state index contributed by atoms with van der Waals surface area (Å²) < 4.78 is 0. The van der Waals surface area contributed by atoms with Gasteiger partial charge in [0.1, 0.15) is 0 Å². The molecule has 0 aliphatic heterocycles. The van der Waals surface area contributed by atoms with E-state index in [1.807, 2.05) is 0 Å². The molecule has 0 amide bonds. The van der Waals surface area contributed by atoms with E-state index >= 15 is 0 Å². The van der Waals surface area contributed by atoms with Crippen LogP contribution in [0.1, 0.15) is 19.8 Å². The fourth-order valence-corrected chi connectivity index (χ4v) is 4.30. The highest BCUT2D eigenvalue weighted by Crippen LogP contribution is 2.70. The normalized spacial score (nSPS) is 70.2. The first-order valence-electron chi connectivity index (χ1n) is 4.47. The third-order valence-corrected chi connectivity index (χ3v) is 4.80. The molecule has 0 N–H and O–H groups in total. The van der Waals surface area contributed by atoms with Crippen LogP contribution in [0.2, 0.25) is 0 Å². The van der Waals surface area contributed by atoms with Crippen LogP contribution >= 0.6 is 12.6 Å². The summed E-state index contributed by atoms with van der Waals surface area (Å²) in [5, 5.41) is 0.786. The highest BCUT2D eigenvalue weighted by Gasteiger charge is 2.65. The lowest BCUT2D eigenvalue weighted by atomic mass is 9.36. The van der Waals surface area contributed by atoms with Gasteiger partial charge in [0.25, 0.3) is 0 Å².